The second-order valence-corrected chi connectivity index (χ2v) is 6.57. The molecule has 1 N–H and O–H groups in total. The van der Waals surface area contributed by atoms with E-state index < -0.39 is 16.0 Å². The van der Waals surface area contributed by atoms with Gasteiger partial charge in [-0.1, -0.05) is 24.9 Å². The summed E-state index contributed by atoms with van der Waals surface area (Å²) in [5.41, 5.74) is 0.0280. The third-order valence-electron chi connectivity index (χ3n) is 2.73. The number of rotatable bonds is 6. The molecule has 0 aromatic heterocycles. The number of hydrogen-bond acceptors (Lipinski definition) is 4. The minimum Gasteiger partial charge on any atom is -0.465 e. The van der Waals surface area contributed by atoms with Crippen LogP contribution in [0.25, 0.3) is 0 Å². The van der Waals surface area contributed by atoms with Crippen LogP contribution in [0.15, 0.2) is 23.1 Å². The van der Waals surface area contributed by atoms with Crippen molar-refractivity contribution in [3.63, 3.8) is 0 Å². The summed E-state index contributed by atoms with van der Waals surface area (Å²) in [4.78, 5) is 11.5. The molecule has 1 aromatic rings. The Morgan fingerprint density at radius 3 is 2.65 bits per heavy atom. The van der Waals surface area contributed by atoms with E-state index >= 15 is 0 Å². The average Bonchev–Trinajstić information content (AvgIpc) is 2.37. The van der Waals surface area contributed by atoms with Gasteiger partial charge in [0.25, 0.3) is 0 Å². The molecule has 0 heterocycles. The molecule has 1 atom stereocenters. The van der Waals surface area contributed by atoms with Crippen LogP contribution in [0.4, 0.5) is 0 Å². The maximum absolute atomic E-state index is 12.2. The van der Waals surface area contributed by atoms with Gasteiger partial charge in [-0.2, -0.15) is 0 Å². The van der Waals surface area contributed by atoms with Gasteiger partial charge in [0.05, 0.1) is 22.6 Å². The Morgan fingerprint density at radius 2 is 2.10 bits per heavy atom. The Bertz CT molecular complexity index is 586. The van der Waals surface area contributed by atoms with Crippen molar-refractivity contribution in [1.29, 1.82) is 0 Å². The fourth-order valence-corrected chi connectivity index (χ4v) is 3.26. The van der Waals surface area contributed by atoms with E-state index in [1.807, 2.05) is 6.92 Å². The van der Waals surface area contributed by atoms with Crippen molar-refractivity contribution >= 4 is 27.6 Å². The van der Waals surface area contributed by atoms with E-state index in [4.69, 9.17) is 11.6 Å². The fraction of sp³-hybridized carbons (Fsp3) is 0.462. The van der Waals surface area contributed by atoms with Crippen molar-refractivity contribution in [1.82, 2.24) is 4.72 Å². The Labute approximate surface area is 124 Å². The Hall–Kier alpha value is -1.11. The van der Waals surface area contributed by atoms with Gasteiger partial charge in [0.15, 0.2) is 0 Å². The number of ether oxygens (including phenoxy) is 1. The monoisotopic (exact) mass is 319 g/mol. The molecule has 0 aliphatic heterocycles. The second kappa shape index (κ2) is 7.06. The number of sulfonamides is 1. The van der Waals surface area contributed by atoms with Gasteiger partial charge in [-0.15, -0.1) is 0 Å². The molecule has 0 aliphatic carbocycles. The predicted molar refractivity (Wildman–Crippen MR) is 77.5 cm³/mol. The molecule has 0 amide bonds. The number of hydrogen-bond donors (Lipinski definition) is 1. The van der Waals surface area contributed by atoms with Crippen molar-refractivity contribution in [2.45, 2.75) is 37.6 Å². The standard InChI is InChI=1S/C13H18ClNO4S/c1-4-5-9(2)15-20(17,18)10-6-7-12(14)11(8-10)13(16)19-3/h6-9,15H,4-5H2,1-3H3/t9-/m1/s1. The van der Waals surface area contributed by atoms with Crippen LogP contribution in [0.3, 0.4) is 0 Å². The summed E-state index contributed by atoms with van der Waals surface area (Å²) in [6.07, 6.45) is 1.61. The van der Waals surface area contributed by atoms with Crippen molar-refractivity contribution in [2.24, 2.45) is 0 Å². The molecule has 0 saturated carbocycles. The van der Waals surface area contributed by atoms with Gasteiger partial charge in [0, 0.05) is 6.04 Å². The van der Waals surface area contributed by atoms with Gasteiger partial charge in [0.2, 0.25) is 10.0 Å². The number of benzene rings is 1. The second-order valence-electron chi connectivity index (χ2n) is 4.44. The van der Waals surface area contributed by atoms with Gasteiger partial charge < -0.3 is 4.74 Å². The topological polar surface area (TPSA) is 72.5 Å². The molecule has 0 fully saturated rings. The minimum atomic E-state index is -3.68. The predicted octanol–water partition coefficient (Wildman–Crippen LogP) is 2.59. The van der Waals surface area contributed by atoms with E-state index in [2.05, 4.69) is 9.46 Å². The molecular weight excluding hydrogens is 302 g/mol. The molecule has 0 aliphatic rings. The van der Waals surface area contributed by atoms with Gasteiger partial charge in [0.1, 0.15) is 0 Å². The Kier molecular flexibility index (Phi) is 5.98. The van der Waals surface area contributed by atoms with E-state index in [1.165, 1.54) is 25.3 Å². The summed E-state index contributed by atoms with van der Waals surface area (Å²) in [6.45, 7) is 3.76. The number of methoxy groups -OCH3 is 1. The van der Waals surface area contributed by atoms with Crippen molar-refractivity contribution in [3.8, 4) is 0 Å². The third-order valence-corrected chi connectivity index (χ3v) is 4.65. The summed E-state index contributed by atoms with van der Waals surface area (Å²) < 4.78 is 31.5. The molecule has 1 rings (SSSR count). The first-order valence-corrected chi connectivity index (χ1v) is 8.08. The van der Waals surface area contributed by atoms with Crippen molar-refractivity contribution in [2.75, 3.05) is 7.11 Å². The van der Waals surface area contributed by atoms with E-state index in [0.717, 1.165) is 12.8 Å². The van der Waals surface area contributed by atoms with Crippen LogP contribution in [-0.4, -0.2) is 27.5 Å². The molecule has 1 aromatic carbocycles. The number of nitrogens with one attached hydrogen (secondary N) is 1. The quantitative estimate of drug-likeness (QED) is 0.818. The SMILES string of the molecule is CCC[C@@H](C)NS(=O)(=O)c1ccc(Cl)c(C(=O)OC)c1. The van der Waals surface area contributed by atoms with E-state index in [-0.39, 0.29) is 21.5 Å². The molecule has 5 nitrogen and oxygen atoms in total. The zero-order valence-corrected chi connectivity index (χ0v) is 13.2. The van der Waals surface area contributed by atoms with Gasteiger partial charge in [-0.25, -0.2) is 17.9 Å². The summed E-state index contributed by atoms with van der Waals surface area (Å²) in [6, 6.07) is 3.76. The lowest BCUT2D eigenvalue weighted by Crippen LogP contribution is -2.32. The molecule has 0 saturated heterocycles. The van der Waals surface area contributed by atoms with Crippen LogP contribution in [0.5, 0.6) is 0 Å². The molecule has 7 heteroatoms. The normalized spacial score (nSPS) is 13.0. The van der Waals surface area contributed by atoms with Crippen LogP contribution < -0.4 is 4.72 Å². The van der Waals surface area contributed by atoms with Gasteiger partial charge in [-0.3, -0.25) is 0 Å². The van der Waals surface area contributed by atoms with Gasteiger partial charge in [-0.05, 0) is 31.5 Å². The largest absolute Gasteiger partial charge is 0.465 e. The summed E-state index contributed by atoms with van der Waals surface area (Å²) in [5, 5.41) is 0.150. The third kappa shape index (κ3) is 4.19. The lowest BCUT2D eigenvalue weighted by Gasteiger charge is -2.14. The number of esters is 1. The van der Waals surface area contributed by atoms with Crippen LogP contribution in [0, 0.1) is 0 Å². The fourth-order valence-electron chi connectivity index (χ4n) is 1.76. The highest BCUT2D eigenvalue weighted by Crippen LogP contribution is 2.21. The highest BCUT2D eigenvalue weighted by atomic mass is 35.5. The van der Waals surface area contributed by atoms with Crippen LogP contribution in [0.1, 0.15) is 37.0 Å². The molecule has 20 heavy (non-hydrogen) atoms. The molecule has 0 unspecified atom stereocenters. The Balaban J connectivity index is 3.10. The molecule has 0 spiro atoms. The van der Waals surface area contributed by atoms with Crippen LogP contribution in [-0.2, 0) is 14.8 Å². The zero-order chi connectivity index (χ0) is 15.3. The smallest absolute Gasteiger partial charge is 0.339 e. The zero-order valence-electron chi connectivity index (χ0n) is 11.6. The highest BCUT2D eigenvalue weighted by Gasteiger charge is 2.20. The molecule has 112 valence electrons. The summed E-state index contributed by atoms with van der Waals surface area (Å²) in [5.74, 6) is -0.673. The van der Waals surface area contributed by atoms with E-state index in [0.29, 0.717) is 0 Å². The lowest BCUT2D eigenvalue weighted by atomic mass is 10.2. The summed E-state index contributed by atoms with van der Waals surface area (Å²) in [7, 11) is -2.47. The molecular formula is C13H18ClNO4S. The Morgan fingerprint density at radius 1 is 1.45 bits per heavy atom. The first kappa shape index (κ1) is 16.9. The maximum atomic E-state index is 12.2. The van der Waals surface area contributed by atoms with E-state index in [9.17, 15) is 13.2 Å². The number of carbonyl (C=O) groups is 1. The van der Waals surface area contributed by atoms with E-state index in [1.54, 1.807) is 6.92 Å². The number of halogens is 1. The van der Waals surface area contributed by atoms with Crippen LogP contribution in [0.2, 0.25) is 5.02 Å². The average molecular weight is 320 g/mol. The lowest BCUT2D eigenvalue weighted by molar-refractivity contribution is 0.0600. The van der Waals surface area contributed by atoms with Crippen molar-refractivity contribution < 1.29 is 17.9 Å². The summed E-state index contributed by atoms with van der Waals surface area (Å²) >= 11 is 5.86. The number of carbonyl (C=O) groups excluding carboxylic acids is 1. The van der Waals surface area contributed by atoms with Crippen molar-refractivity contribution in [3.05, 3.63) is 28.8 Å². The molecule has 0 bridgehead atoms. The first-order chi connectivity index (χ1) is 9.31. The highest BCUT2D eigenvalue weighted by molar-refractivity contribution is 7.89. The minimum absolute atomic E-state index is 0.00902. The van der Waals surface area contributed by atoms with Crippen LogP contribution >= 0.6 is 11.6 Å². The molecule has 0 radical (unpaired) electrons. The first-order valence-electron chi connectivity index (χ1n) is 6.22. The van der Waals surface area contributed by atoms with Gasteiger partial charge >= 0.3 is 5.97 Å². The maximum Gasteiger partial charge on any atom is 0.339 e.